The molecular formula is C29H37N3O5. The molecule has 0 unspecified atom stereocenters. The summed E-state index contributed by atoms with van der Waals surface area (Å²) in [5.74, 6) is -0.699. The summed E-state index contributed by atoms with van der Waals surface area (Å²) in [6.45, 7) is 8.68. The molecule has 2 aromatic carbocycles. The normalized spacial score (nSPS) is 19.6. The van der Waals surface area contributed by atoms with Crippen LogP contribution in [0, 0.1) is 5.92 Å². The highest BCUT2D eigenvalue weighted by atomic mass is 16.6. The summed E-state index contributed by atoms with van der Waals surface area (Å²) in [5.41, 5.74) is 2.41. The molecule has 2 aliphatic heterocycles. The zero-order chi connectivity index (χ0) is 26.4. The Kier molecular flexibility index (Phi) is 8.95. The number of nitrogens with zero attached hydrogens (tertiary/aromatic N) is 3. The topological polar surface area (TPSA) is 82.7 Å². The molecule has 8 nitrogen and oxygen atoms in total. The monoisotopic (exact) mass is 507 g/mol. The first-order valence-electron chi connectivity index (χ1n) is 13.2. The van der Waals surface area contributed by atoms with Crippen molar-refractivity contribution in [3.8, 4) is 0 Å². The van der Waals surface area contributed by atoms with Gasteiger partial charge in [0.25, 0.3) is 5.91 Å². The summed E-state index contributed by atoms with van der Waals surface area (Å²) in [6, 6.07) is 20.5. The summed E-state index contributed by atoms with van der Waals surface area (Å²) in [6.07, 6.45) is -1.19. The van der Waals surface area contributed by atoms with Gasteiger partial charge in [-0.3, -0.25) is 14.6 Å². The molecule has 198 valence electrons. The average molecular weight is 508 g/mol. The number of carbonyl (C=O) groups excluding carboxylic acids is 3. The average Bonchev–Trinajstić information content (AvgIpc) is 3.72. The van der Waals surface area contributed by atoms with Crippen molar-refractivity contribution in [3.05, 3.63) is 71.8 Å². The molecule has 37 heavy (non-hydrogen) atoms. The van der Waals surface area contributed by atoms with Crippen LogP contribution in [-0.2, 0) is 19.1 Å². The molecular weight excluding hydrogens is 470 g/mol. The fourth-order valence-electron chi connectivity index (χ4n) is 4.77. The van der Waals surface area contributed by atoms with Crippen molar-refractivity contribution >= 4 is 17.9 Å². The van der Waals surface area contributed by atoms with Crippen molar-refractivity contribution in [2.45, 2.75) is 45.4 Å². The molecule has 2 heterocycles. The lowest BCUT2D eigenvalue weighted by Gasteiger charge is -2.41. The minimum atomic E-state index is -0.947. The van der Waals surface area contributed by atoms with E-state index in [1.54, 1.807) is 11.8 Å². The van der Waals surface area contributed by atoms with Crippen molar-refractivity contribution in [1.82, 2.24) is 14.7 Å². The van der Waals surface area contributed by atoms with E-state index in [-0.39, 0.29) is 18.7 Å². The van der Waals surface area contributed by atoms with Crippen LogP contribution in [0.5, 0.6) is 0 Å². The zero-order valence-corrected chi connectivity index (χ0v) is 21.9. The number of hydrogen-bond donors (Lipinski definition) is 0. The minimum Gasteiger partial charge on any atom is -0.464 e. The number of piperazine rings is 1. The van der Waals surface area contributed by atoms with Gasteiger partial charge >= 0.3 is 12.0 Å². The van der Waals surface area contributed by atoms with Crippen LogP contribution in [0.4, 0.5) is 4.79 Å². The van der Waals surface area contributed by atoms with E-state index < -0.39 is 24.1 Å². The number of hydrogen-bond acceptors (Lipinski definition) is 6. The van der Waals surface area contributed by atoms with E-state index in [4.69, 9.17) is 9.47 Å². The zero-order valence-electron chi connectivity index (χ0n) is 21.9. The van der Waals surface area contributed by atoms with Gasteiger partial charge in [0, 0.05) is 32.7 Å². The standard InChI is InChI=1S/C29H37N3O5/c1-4-36-28(34)26-25(37-26)27(33)32(16-15-21(2)3)29(35)31-19-17-30(18-20-31)24(22-11-7-5-8-12-22)23-13-9-6-10-14-23/h5-14,21,24-26H,4,15-20H2,1-3H3/t25-,26-/m0/s1. The Morgan fingerprint density at radius 3 is 2.00 bits per heavy atom. The van der Waals surface area contributed by atoms with E-state index in [0.717, 1.165) is 0 Å². The predicted octanol–water partition coefficient (Wildman–Crippen LogP) is 3.72. The largest absolute Gasteiger partial charge is 0.464 e. The van der Waals surface area contributed by atoms with E-state index in [0.29, 0.717) is 45.1 Å². The summed E-state index contributed by atoms with van der Waals surface area (Å²) in [4.78, 5) is 44.1. The number of imide groups is 1. The highest BCUT2D eigenvalue weighted by Gasteiger charge is 2.54. The number of amides is 3. The van der Waals surface area contributed by atoms with E-state index in [1.807, 2.05) is 50.2 Å². The van der Waals surface area contributed by atoms with Crippen LogP contribution in [0.2, 0.25) is 0 Å². The second-order valence-electron chi connectivity index (χ2n) is 9.93. The molecule has 0 saturated carbocycles. The van der Waals surface area contributed by atoms with E-state index in [2.05, 4.69) is 29.2 Å². The molecule has 4 rings (SSSR count). The van der Waals surface area contributed by atoms with Crippen LogP contribution >= 0.6 is 0 Å². The van der Waals surface area contributed by atoms with Crippen molar-refractivity contribution in [1.29, 1.82) is 0 Å². The number of rotatable bonds is 9. The van der Waals surface area contributed by atoms with Crippen molar-refractivity contribution in [2.24, 2.45) is 5.92 Å². The number of carbonyl (C=O) groups is 3. The van der Waals surface area contributed by atoms with Gasteiger partial charge in [0.1, 0.15) is 0 Å². The van der Waals surface area contributed by atoms with Crippen molar-refractivity contribution in [3.63, 3.8) is 0 Å². The lowest BCUT2D eigenvalue weighted by Crippen LogP contribution is -2.55. The quantitative estimate of drug-likeness (QED) is 0.380. The van der Waals surface area contributed by atoms with Gasteiger partial charge in [0.15, 0.2) is 12.2 Å². The van der Waals surface area contributed by atoms with Crippen LogP contribution in [0.1, 0.15) is 44.4 Å². The van der Waals surface area contributed by atoms with E-state index in [9.17, 15) is 14.4 Å². The maximum absolute atomic E-state index is 13.5. The summed E-state index contributed by atoms with van der Waals surface area (Å²) in [7, 11) is 0. The predicted molar refractivity (Wildman–Crippen MR) is 140 cm³/mol. The molecule has 2 aliphatic rings. The second-order valence-corrected chi connectivity index (χ2v) is 9.93. The fraction of sp³-hybridized carbons (Fsp3) is 0.483. The molecule has 0 aliphatic carbocycles. The maximum atomic E-state index is 13.5. The third-order valence-electron chi connectivity index (χ3n) is 6.86. The Hall–Kier alpha value is -3.23. The van der Waals surface area contributed by atoms with E-state index >= 15 is 0 Å². The molecule has 2 saturated heterocycles. The van der Waals surface area contributed by atoms with Gasteiger partial charge in [-0.25, -0.2) is 9.59 Å². The molecule has 0 N–H and O–H groups in total. The Morgan fingerprint density at radius 1 is 0.919 bits per heavy atom. The molecule has 0 aromatic heterocycles. The van der Waals surface area contributed by atoms with Crippen molar-refractivity contribution < 1.29 is 23.9 Å². The second kappa shape index (κ2) is 12.3. The molecule has 0 bridgehead atoms. The summed E-state index contributed by atoms with van der Waals surface area (Å²) in [5, 5.41) is 0. The number of ether oxygens (including phenoxy) is 2. The third kappa shape index (κ3) is 6.56. The number of epoxide rings is 1. The van der Waals surface area contributed by atoms with Crippen LogP contribution in [0.25, 0.3) is 0 Å². The Morgan fingerprint density at radius 2 is 1.49 bits per heavy atom. The number of esters is 1. The SMILES string of the molecule is CCOC(=O)[C@H]1O[C@@H]1C(=O)N(CCC(C)C)C(=O)N1CCN(C(c2ccccc2)c2ccccc2)CC1. The minimum absolute atomic E-state index is 0.0866. The number of urea groups is 1. The first kappa shape index (κ1) is 26.8. The van der Waals surface area contributed by atoms with Crippen molar-refractivity contribution in [2.75, 3.05) is 39.3 Å². The van der Waals surface area contributed by atoms with Crippen LogP contribution in [0.3, 0.4) is 0 Å². The molecule has 2 fully saturated rings. The first-order chi connectivity index (χ1) is 17.9. The molecule has 2 aromatic rings. The lowest BCUT2D eigenvalue weighted by molar-refractivity contribution is -0.144. The van der Waals surface area contributed by atoms with Gasteiger partial charge in [-0.1, -0.05) is 74.5 Å². The third-order valence-corrected chi connectivity index (χ3v) is 6.86. The Labute approximate surface area is 219 Å². The molecule has 8 heteroatoms. The summed E-state index contributed by atoms with van der Waals surface area (Å²) >= 11 is 0. The van der Waals surface area contributed by atoms with Gasteiger partial charge < -0.3 is 14.4 Å². The molecule has 2 atom stereocenters. The van der Waals surface area contributed by atoms with Gasteiger partial charge in [-0.05, 0) is 30.4 Å². The molecule has 3 amide bonds. The molecule has 0 radical (unpaired) electrons. The van der Waals surface area contributed by atoms with Crippen LogP contribution in [-0.4, -0.2) is 84.1 Å². The van der Waals surface area contributed by atoms with E-state index in [1.165, 1.54) is 16.0 Å². The lowest BCUT2D eigenvalue weighted by atomic mass is 9.96. The van der Waals surface area contributed by atoms with Crippen LogP contribution < -0.4 is 0 Å². The van der Waals surface area contributed by atoms with Gasteiger partial charge in [0.05, 0.1) is 12.6 Å². The Balaban J connectivity index is 1.44. The molecule has 0 spiro atoms. The maximum Gasteiger partial charge on any atom is 0.338 e. The van der Waals surface area contributed by atoms with Gasteiger partial charge in [-0.2, -0.15) is 0 Å². The highest BCUT2D eigenvalue weighted by Crippen LogP contribution is 2.30. The fourth-order valence-corrected chi connectivity index (χ4v) is 4.77. The smallest absolute Gasteiger partial charge is 0.338 e. The number of benzene rings is 2. The highest BCUT2D eigenvalue weighted by molar-refractivity contribution is 6.01. The first-order valence-corrected chi connectivity index (χ1v) is 13.2. The Bertz CT molecular complexity index is 1010. The van der Waals surface area contributed by atoms with Gasteiger partial charge in [0.2, 0.25) is 0 Å². The summed E-state index contributed by atoms with van der Waals surface area (Å²) < 4.78 is 10.3. The van der Waals surface area contributed by atoms with Crippen LogP contribution in [0.15, 0.2) is 60.7 Å². The van der Waals surface area contributed by atoms with Gasteiger partial charge in [-0.15, -0.1) is 0 Å².